The maximum atomic E-state index is 11.0. The third kappa shape index (κ3) is 8.81. The molecule has 13 heavy (non-hydrogen) atoms. The van der Waals surface area contributed by atoms with Gasteiger partial charge >= 0.3 is 0 Å². The molecule has 76 valence electrons. The highest BCUT2D eigenvalue weighted by Crippen LogP contribution is 1.84. The molecule has 0 heterocycles. The molecule has 0 aliphatic carbocycles. The van der Waals surface area contributed by atoms with Crippen molar-refractivity contribution in [2.75, 3.05) is 13.1 Å². The van der Waals surface area contributed by atoms with Crippen LogP contribution in [0.5, 0.6) is 0 Å². The van der Waals surface area contributed by atoms with Crippen LogP contribution in [0.25, 0.3) is 0 Å². The van der Waals surface area contributed by atoms with Crippen LogP contribution in [0.1, 0.15) is 20.3 Å². The summed E-state index contributed by atoms with van der Waals surface area (Å²) in [7, 11) is 0. The van der Waals surface area contributed by atoms with Crippen molar-refractivity contribution < 1.29 is 9.59 Å². The van der Waals surface area contributed by atoms with E-state index in [0.29, 0.717) is 19.5 Å². The summed E-state index contributed by atoms with van der Waals surface area (Å²) in [5.41, 5.74) is 5.42. The van der Waals surface area contributed by atoms with E-state index in [1.807, 2.05) is 0 Å². The van der Waals surface area contributed by atoms with Crippen LogP contribution < -0.4 is 16.4 Å². The highest BCUT2D eigenvalue weighted by Gasteiger charge is 2.03. The fourth-order valence-electron chi connectivity index (χ4n) is 0.805. The molecule has 0 spiro atoms. The van der Waals surface area contributed by atoms with E-state index in [-0.39, 0.29) is 17.9 Å². The zero-order valence-electron chi connectivity index (χ0n) is 8.09. The van der Waals surface area contributed by atoms with Gasteiger partial charge in [-0.3, -0.25) is 9.59 Å². The summed E-state index contributed by atoms with van der Waals surface area (Å²) in [6.07, 6.45) is 0.320. The minimum Gasteiger partial charge on any atom is -0.355 e. The second-order valence-corrected chi connectivity index (χ2v) is 3.01. The van der Waals surface area contributed by atoms with Gasteiger partial charge in [0.05, 0.1) is 0 Å². The van der Waals surface area contributed by atoms with Gasteiger partial charge in [0.25, 0.3) is 0 Å². The first-order chi connectivity index (χ1) is 6.02. The molecule has 0 saturated heterocycles. The van der Waals surface area contributed by atoms with Crippen molar-refractivity contribution in [3.8, 4) is 0 Å². The largest absolute Gasteiger partial charge is 0.355 e. The van der Waals surface area contributed by atoms with E-state index >= 15 is 0 Å². The van der Waals surface area contributed by atoms with Gasteiger partial charge in [0.15, 0.2) is 0 Å². The van der Waals surface area contributed by atoms with Crippen LogP contribution in [0.3, 0.4) is 0 Å². The van der Waals surface area contributed by atoms with Crippen LogP contribution in [0, 0.1) is 0 Å². The molecule has 5 nitrogen and oxygen atoms in total. The quantitative estimate of drug-likeness (QED) is 0.481. The van der Waals surface area contributed by atoms with Gasteiger partial charge in [0, 0.05) is 32.5 Å². The lowest BCUT2D eigenvalue weighted by molar-refractivity contribution is -0.122. The predicted molar refractivity (Wildman–Crippen MR) is 50.0 cm³/mol. The Kier molecular flexibility index (Phi) is 5.88. The molecular weight excluding hydrogens is 170 g/mol. The van der Waals surface area contributed by atoms with E-state index in [1.54, 1.807) is 6.92 Å². The normalized spacial score (nSPS) is 11.9. The van der Waals surface area contributed by atoms with Crippen LogP contribution >= 0.6 is 0 Å². The van der Waals surface area contributed by atoms with Crippen molar-refractivity contribution in [3.05, 3.63) is 0 Å². The maximum Gasteiger partial charge on any atom is 0.221 e. The molecule has 0 radical (unpaired) electrons. The van der Waals surface area contributed by atoms with Crippen molar-refractivity contribution in [1.82, 2.24) is 10.6 Å². The van der Waals surface area contributed by atoms with E-state index in [9.17, 15) is 9.59 Å². The van der Waals surface area contributed by atoms with Crippen molar-refractivity contribution in [2.45, 2.75) is 26.3 Å². The van der Waals surface area contributed by atoms with Gasteiger partial charge in [-0.1, -0.05) is 0 Å². The second kappa shape index (κ2) is 6.42. The van der Waals surface area contributed by atoms with Gasteiger partial charge in [0.1, 0.15) is 0 Å². The molecule has 0 bridgehead atoms. The van der Waals surface area contributed by atoms with E-state index in [0.717, 1.165) is 0 Å². The van der Waals surface area contributed by atoms with Crippen molar-refractivity contribution in [1.29, 1.82) is 0 Å². The van der Waals surface area contributed by atoms with Crippen molar-refractivity contribution in [3.63, 3.8) is 0 Å². The fraction of sp³-hybridized carbons (Fsp3) is 0.750. The summed E-state index contributed by atoms with van der Waals surface area (Å²) in [5.74, 6) is -0.179. The molecule has 5 heteroatoms. The lowest BCUT2D eigenvalue weighted by atomic mass is 10.2. The summed E-state index contributed by atoms with van der Waals surface area (Å²) in [6.45, 7) is 4.11. The summed E-state index contributed by atoms with van der Waals surface area (Å²) in [4.78, 5) is 21.4. The van der Waals surface area contributed by atoms with E-state index < -0.39 is 0 Å². The highest BCUT2D eigenvalue weighted by molar-refractivity contribution is 5.76. The molecule has 1 atom stereocenters. The number of hydrogen-bond acceptors (Lipinski definition) is 3. The Hall–Kier alpha value is -1.10. The fourth-order valence-corrected chi connectivity index (χ4v) is 0.805. The smallest absolute Gasteiger partial charge is 0.221 e. The molecule has 2 amide bonds. The maximum absolute atomic E-state index is 11.0. The second-order valence-electron chi connectivity index (χ2n) is 3.01. The molecular formula is C8H17N3O2. The van der Waals surface area contributed by atoms with Gasteiger partial charge in [-0.2, -0.15) is 0 Å². The highest BCUT2D eigenvalue weighted by atomic mass is 16.2. The Bertz CT molecular complexity index is 180. The number of carbonyl (C=O) groups is 2. The SMILES string of the molecule is CC(=O)NCCNC(=O)CC(C)N. The minimum absolute atomic E-state index is 0.0830. The lowest BCUT2D eigenvalue weighted by Gasteiger charge is -2.07. The number of nitrogens with one attached hydrogen (secondary N) is 2. The van der Waals surface area contributed by atoms with Crippen LogP contribution in [0.2, 0.25) is 0 Å². The number of amides is 2. The molecule has 0 aliphatic heterocycles. The Morgan fingerprint density at radius 2 is 1.85 bits per heavy atom. The molecule has 0 aliphatic rings. The van der Waals surface area contributed by atoms with Gasteiger partial charge in [-0.15, -0.1) is 0 Å². The molecule has 4 N–H and O–H groups in total. The summed E-state index contributed by atoms with van der Waals surface area (Å²) in [6, 6.07) is -0.124. The summed E-state index contributed by atoms with van der Waals surface area (Å²) in [5, 5.41) is 5.20. The lowest BCUT2D eigenvalue weighted by Crippen LogP contribution is -2.35. The number of hydrogen-bond donors (Lipinski definition) is 3. The Morgan fingerprint density at radius 3 is 2.31 bits per heavy atom. The van der Waals surface area contributed by atoms with Crippen LogP contribution in [-0.2, 0) is 9.59 Å². The first-order valence-corrected chi connectivity index (χ1v) is 4.29. The summed E-state index contributed by atoms with van der Waals surface area (Å²) < 4.78 is 0. The number of rotatable bonds is 5. The topological polar surface area (TPSA) is 84.2 Å². The average molecular weight is 187 g/mol. The van der Waals surface area contributed by atoms with Crippen molar-refractivity contribution in [2.24, 2.45) is 5.73 Å². The van der Waals surface area contributed by atoms with Crippen molar-refractivity contribution >= 4 is 11.8 Å². The monoisotopic (exact) mass is 187 g/mol. The molecule has 0 aromatic carbocycles. The van der Waals surface area contributed by atoms with Crippen LogP contribution in [0.15, 0.2) is 0 Å². The van der Waals surface area contributed by atoms with E-state index in [1.165, 1.54) is 6.92 Å². The van der Waals surface area contributed by atoms with Gasteiger partial charge < -0.3 is 16.4 Å². The summed E-state index contributed by atoms with van der Waals surface area (Å²) >= 11 is 0. The molecule has 0 rings (SSSR count). The van der Waals surface area contributed by atoms with Gasteiger partial charge in [0.2, 0.25) is 11.8 Å². The van der Waals surface area contributed by atoms with E-state index in [2.05, 4.69) is 10.6 Å². The standard InChI is InChI=1S/C8H17N3O2/c1-6(9)5-8(13)11-4-3-10-7(2)12/h6H,3-5,9H2,1-2H3,(H,10,12)(H,11,13). The third-order valence-corrected chi connectivity index (χ3v) is 1.33. The predicted octanol–water partition coefficient (Wildman–Crippen LogP) is -1.02. The molecule has 0 aromatic heterocycles. The first-order valence-electron chi connectivity index (χ1n) is 4.29. The minimum atomic E-state index is -0.124. The third-order valence-electron chi connectivity index (χ3n) is 1.33. The first kappa shape index (κ1) is 11.9. The zero-order chi connectivity index (χ0) is 10.3. The van der Waals surface area contributed by atoms with Crippen LogP contribution in [-0.4, -0.2) is 30.9 Å². The Morgan fingerprint density at radius 1 is 1.31 bits per heavy atom. The molecule has 0 fully saturated rings. The van der Waals surface area contributed by atoms with Gasteiger partial charge in [-0.25, -0.2) is 0 Å². The average Bonchev–Trinajstić information content (AvgIpc) is 1.96. The van der Waals surface area contributed by atoms with E-state index in [4.69, 9.17) is 5.73 Å². The molecule has 0 aromatic rings. The molecule has 1 unspecified atom stereocenters. The number of nitrogens with two attached hydrogens (primary N) is 1. The zero-order valence-corrected chi connectivity index (χ0v) is 8.09. The van der Waals surface area contributed by atoms with Gasteiger partial charge in [-0.05, 0) is 6.92 Å². The molecule has 0 saturated carbocycles. The number of carbonyl (C=O) groups excluding carboxylic acids is 2. The Labute approximate surface area is 78.1 Å². The van der Waals surface area contributed by atoms with Crippen LogP contribution in [0.4, 0.5) is 0 Å². The Balaban J connectivity index is 3.32.